The average molecular weight is 415 g/mol. The van der Waals surface area contributed by atoms with Gasteiger partial charge in [-0.3, -0.25) is 9.79 Å². The fraction of sp³-hybridized carbons (Fsp3) is 0.381. The van der Waals surface area contributed by atoms with Gasteiger partial charge in [-0.15, -0.1) is 0 Å². The first-order valence-electron chi connectivity index (χ1n) is 9.79. The topological polar surface area (TPSA) is 81.6 Å². The van der Waals surface area contributed by atoms with E-state index in [-0.39, 0.29) is 18.5 Å². The molecule has 0 radical (unpaired) electrons. The normalized spacial score (nSPS) is 16.6. The van der Waals surface area contributed by atoms with Crippen molar-refractivity contribution in [1.82, 2.24) is 20.9 Å². The van der Waals surface area contributed by atoms with E-state index in [2.05, 4.69) is 43.0 Å². The molecule has 1 aromatic heterocycles. The molecule has 0 saturated carbocycles. The van der Waals surface area contributed by atoms with Crippen molar-refractivity contribution in [2.45, 2.75) is 18.9 Å². The van der Waals surface area contributed by atoms with E-state index in [1.165, 1.54) is 5.56 Å². The number of anilines is 1. The molecule has 1 aliphatic rings. The van der Waals surface area contributed by atoms with Crippen molar-refractivity contribution >= 4 is 29.3 Å². The lowest BCUT2D eigenvalue weighted by atomic mass is 10.1. The quantitative estimate of drug-likeness (QED) is 0.475. The Hall–Kier alpha value is -2.80. The van der Waals surface area contributed by atoms with Gasteiger partial charge in [-0.2, -0.15) is 0 Å². The van der Waals surface area contributed by atoms with Gasteiger partial charge in [0.1, 0.15) is 5.82 Å². The number of nitrogens with one attached hydrogen (secondary N) is 3. The van der Waals surface area contributed by atoms with Crippen molar-refractivity contribution in [1.29, 1.82) is 0 Å². The van der Waals surface area contributed by atoms with E-state index in [1.807, 2.05) is 30.3 Å². The van der Waals surface area contributed by atoms with Gasteiger partial charge >= 0.3 is 0 Å². The minimum atomic E-state index is -0.0582. The predicted molar refractivity (Wildman–Crippen MR) is 118 cm³/mol. The van der Waals surface area contributed by atoms with Gasteiger partial charge in [0.05, 0.1) is 11.6 Å². The van der Waals surface area contributed by atoms with Gasteiger partial charge in [-0.05, 0) is 30.5 Å². The summed E-state index contributed by atoms with van der Waals surface area (Å²) in [5, 5.41) is 10.0. The Morgan fingerprint density at radius 3 is 2.83 bits per heavy atom. The minimum absolute atomic E-state index is 0.0582. The van der Waals surface area contributed by atoms with E-state index in [9.17, 15) is 4.79 Å². The van der Waals surface area contributed by atoms with Crippen molar-refractivity contribution in [3.05, 3.63) is 59.2 Å². The van der Waals surface area contributed by atoms with Gasteiger partial charge in [-0.1, -0.05) is 41.9 Å². The third-order valence-electron chi connectivity index (χ3n) is 4.79. The van der Waals surface area contributed by atoms with Crippen LogP contribution in [0.5, 0.6) is 0 Å². The first kappa shape index (κ1) is 20.9. The standard InChI is InChI=1S/C21H27ClN6O/c1-23-21(26-14-19(29)24-12-9-16-6-3-2-4-7-16)27-17-10-13-28(15-17)20-18(22)8-5-11-25-20/h2-8,11,17H,9-10,12-15H2,1H3,(H,24,29)(H2,23,26,27). The molecule has 154 valence electrons. The summed E-state index contributed by atoms with van der Waals surface area (Å²) in [6, 6.07) is 14.0. The number of nitrogens with zero attached hydrogens (tertiary/aromatic N) is 3. The monoisotopic (exact) mass is 414 g/mol. The molecule has 0 aliphatic carbocycles. The summed E-state index contributed by atoms with van der Waals surface area (Å²) in [6.07, 6.45) is 3.50. The highest BCUT2D eigenvalue weighted by Gasteiger charge is 2.25. The SMILES string of the molecule is CN=C(NCC(=O)NCCc1ccccc1)NC1CCN(c2ncccc2Cl)C1. The number of pyridine rings is 1. The maximum atomic E-state index is 12.1. The lowest BCUT2D eigenvalue weighted by Crippen LogP contribution is -2.47. The third kappa shape index (κ3) is 6.35. The maximum absolute atomic E-state index is 12.1. The third-order valence-corrected chi connectivity index (χ3v) is 5.08. The first-order chi connectivity index (χ1) is 14.2. The molecule has 1 fully saturated rings. The summed E-state index contributed by atoms with van der Waals surface area (Å²) in [6.45, 7) is 2.43. The second kappa shape index (κ2) is 10.7. The summed E-state index contributed by atoms with van der Waals surface area (Å²) in [5.74, 6) is 1.36. The highest BCUT2D eigenvalue weighted by atomic mass is 35.5. The van der Waals surface area contributed by atoms with Crippen LogP contribution in [0.3, 0.4) is 0 Å². The molecule has 2 aromatic rings. The van der Waals surface area contributed by atoms with E-state index in [0.29, 0.717) is 17.5 Å². The number of rotatable bonds is 7. The Bertz CT molecular complexity index is 829. The molecule has 1 saturated heterocycles. The van der Waals surface area contributed by atoms with Crippen LogP contribution in [0.15, 0.2) is 53.7 Å². The molecule has 1 unspecified atom stereocenters. The summed E-state index contributed by atoms with van der Waals surface area (Å²) < 4.78 is 0. The molecule has 0 bridgehead atoms. The van der Waals surface area contributed by atoms with Crippen LogP contribution in [0.2, 0.25) is 5.02 Å². The first-order valence-corrected chi connectivity index (χ1v) is 10.2. The molecule has 1 aliphatic heterocycles. The van der Waals surface area contributed by atoms with Crippen molar-refractivity contribution in [3.63, 3.8) is 0 Å². The molecule has 3 rings (SSSR count). The van der Waals surface area contributed by atoms with Crippen LogP contribution >= 0.6 is 11.6 Å². The number of guanidine groups is 1. The van der Waals surface area contributed by atoms with Crippen LogP contribution in [-0.4, -0.2) is 56.1 Å². The van der Waals surface area contributed by atoms with Crippen LogP contribution in [0.1, 0.15) is 12.0 Å². The van der Waals surface area contributed by atoms with Crippen molar-refractivity contribution in [3.8, 4) is 0 Å². The fourth-order valence-corrected chi connectivity index (χ4v) is 3.53. The number of halogens is 1. The van der Waals surface area contributed by atoms with Gasteiger partial charge < -0.3 is 20.9 Å². The highest BCUT2D eigenvalue weighted by molar-refractivity contribution is 6.32. The molecule has 3 N–H and O–H groups in total. The Kier molecular flexibility index (Phi) is 7.69. The number of benzene rings is 1. The van der Waals surface area contributed by atoms with Crippen LogP contribution in [0.4, 0.5) is 5.82 Å². The van der Waals surface area contributed by atoms with Crippen LogP contribution in [0.25, 0.3) is 0 Å². The lowest BCUT2D eigenvalue weighted by Gasteiger charge is -2.20. The Labute approximate surface area is 176 Å². The second-order valence-electron chi connectivity index (χ2n) is 6.90. The van der Waals surface area contributed by atoms with E-state index in [1.54, 1.807) is 13.2 Å². The molecule has 29 heavy (non-hydrogen) atoms. The molecular formula is C21H27ClN6O. The van der Waals surface area contributed by atoms with E-state index in [0.717, 1.165) is 31.7 Å². The Morgan fingerprint density at radius 2 is 2.07 bits per heavy atom. The molecule has 8 heteroatoms. The minimum Gasteiger partial charge on any atom is -0.354 e. The lowest BCUT2D eigenvalue weighted by molar-refractivity contribution is -0.119. The summed E-state index contributed by atoms with van der Waals surface area (Å²) >= 11 is 6.25. The van der Waals surface area contributed by atoms with E-state index >= 15 is 0 Å². The van der Waals surface area contributed by atoms with Gasteiger partial charge in [0.15, 0.2) is 5.96 Å². The number of aliphatic imine (C=N–C) groups is 1. The molecule has 1 aromatic carbocycles. The zero-order valence-corrected chi connectivity index (χ0v) is 17.3. The molecule has 1 amide bonds. The smallest absolute Gasteiger partial charge is 0.239 e. The van der Waals surface area contributed by atoms with Crippen molar-refractivity contribution < 1.29 is 4.79 Å². The zero-order chi connectivity index (χ0) is 20.5. The summed E-state index contributed by atoms with van der Waals surface area (Å²) in [5.41, 5.74) is 1.21. The highest BCUT2D eigenvalue weighted by Crippen LogP contribution is 2.25. The number of hydrogen-bond acceptors (Lipinski definition) is 4. The van der Waals surface area contributed by atoms with Gasteiger partial charge in [0.25, 0.3) is 0 Å². The number of aromatic nitrogens is 1. The largest absolute Gasteiger partial charge is 0.354 e. The van der Waals surface area contributed by atoms with Crippen LogP contribution in [-0.2, 0) is 11.2 Å². The van der Waals surface area contributed by atoms with E-state index in [4.69, 9.17) is 11.6 Å². The second-order valence-corrected chi connectivity index (χ2v) is 7.30. The van der Waals surface area contributed by atoms with E-state index < -0.39 is 0 Å². The van der Waals surface area contributed by atoms with Crippen LogP contribution < -0.4 is 20.9 Å². The number of carbonyl (C=O) groups excluding carboxylic acids is 1. The molecule has 0 spiro atoms. The Balaban J connectivity index is 1.38. The number of amides is 1. The van der Waals surface area contributed by atoms with Crippen molar-refractivity contribution in [2.75, 3.05) is 38.1 Å². The molecular weight excluding hydrogens is 388 g/mol. The number of hydrogen-bond donors (Lipinski definition) is 3. The Morgan fingerprint density at radius 1 is 1.24 bits per heavy atom. The average Bonchev–Trinajstić information content (AvgIpc) is 3.20. The molecule has 2 heterocycles. The van der Waals surface area contributed by atoms with Crippen molar-refractivity contribution in [2.24, 2.45) is 4.99 Å². The maximum Gasteiger partial charge on any atom is 0.239 e. The van der Waals surface area contributed by atoms with Crippen LogP contribution in [0, 0.1) is 0 Å². The molecule has 1 atom stereocenters. The molecule has 7 nitrogen and oxygen atoms in total. The predicted octanol–water partition coefficient (Wildman–Crippen LogP) is 1.84. The number of carbonyl (C=O) groups is 1. The fourth-order valence-electron chi connectivity index (χ4n) is 3.29. The van der Waals surface area contributed by atoms with Gasteiger partial charge in [0.2, 0.25) is 5.91 Å². The van der Waals surface area contributed by atoms with Gasteiger partial charge in [-0.25, -0.2) is 4.98 Å². The summed E-state index contributed by atoms with van der Waals surface area (Å²) in [4.78, 5) is 22.8. The zero-order valence-electron chi connectivity index (χ0n) is 16.6. The summed E-state index contributed by atoms with van der Waals surface area (Å²) in [7, 11) is 1.70. The van der Waals surface area contributed by atoms with Gasteiger partial charge in [0, 0.05) is 38.9 Å².